The van der Waals surface area contributed by atoms with Crippen molar-refractivity contribution < 1.29 is 9.53 Å². The second-order valence-electron chi connectivity index (χ2n) is 6.17. The van der Waals surface area contributed by atoms with Crippen LogP contribution < -0.4 is 4.90 Å². The Morgan fingerprint density at radius 3 is 2.57 bits per heavy atom. The topological polar surface area (TPSA) is 55.3 Å². The van der Waals surface area contributed by atoms with Crippen molar-refractivity contribution in [2.45, 2.75) is 39.5 Å². The van der Waals surface area contributed by atoms with Crippen molar-refractivity contribution in [1.82, 2.24) is 10.2 Å². The normalized spacial score (nSPS) is 16.3. The summed E-state index contributed by atoms with van der Waals surface area (Å²) in [5.74, 6) is 2.04. The maximum absolute atomic E-state index is 11.3. The van der Waals surface area contributed by atoms with E-state index in [1.807, 2.05) is 6.07 Å². The monoisotopic (exact) mass is 291 g/mol. The summed E-state index contributed by atoms with van der Waals surface area (Å²) in [6, 6.07) is 3.53. The summed E-state index contributed by atoms with van der Waals surface area (Å²) in [5.41, 5.74) is 0.257. The van der Waals surface area contributed by atoms with Gasteiger partial charge in [-0.15, -0.1) is 10.2 Å². The Hall–Kier alpha value is -1.65. The van der Waals surface area contributed by atoms with Gasteiger partial charge in [0.2, 0.25) is 0 Å². The smallest absolute Gasteiger partial charge is 0.358 e. The molecule has 0 aromatic carbocycles. The van der Waals surface area contributed by atoms with Crippen molar-refractivity contribution in [3.8, 4) is 0 Å². The first-order chi connectivity index (χ1) is 10.1. The number of methoxy groups -OCH3 is 1. The van der Waals surface area contributed by atoms with Gasteiger partial charge < -0.3 is 9.64 Å². The average molecular weight is 291 g/mol. The lowest BCUT2D eigenvalue weighted by molar-refractivity contribution is 0.0592. The van der Waals surface area contributed by atoms with E-state index >= 15 is 0 Å². The molecule has 21 heavy (non-hydrogen) atoms. The van der Waals surface area contributed by atoms with Crippen molar-refractivity contribution in [2.75, 3.05) is 25.1 Å². The van der Waals surface area contributed by atoms with E-state index in [0.29, 0.717) is 0 Å². The Bertz CT molecular complexity index is 451. The predicted molar refractivity (Wildman–Crippen MR) is 82.4 cm³/mol. The van der Waals surface area contributed by atoms with Gasteiger partial charge in [0.15, 0.2) is 11.5 Å². The van der Waals surface area contributed by atoms with Gasteiger partial charge >= 0.3 is 5.97 Å². The molecule has 116 valence electrons. The van der Waals surface area contributed by atoms with Crippen molar-refractivity contribution >= 4 is 11.8 Å². The second kappa shape index (κ2) is 7.38. The third-order valence-electron chi connectivity index (χ3n) is 4.14. The van der Waals surface area contributed by atoms with Crippen molar-refractivity contribution in [3.05, 3.63) is 17.8 Å². The Balaban J connectivity index is 1.86. The Kier molecular flexibility index (Phi) is 5.53. The van der Waals surface area contributed by atoms with Crippen LogP contribution in [0.2, 0.25) is 0 Å². The van der Waals surface area contributed by atoms with Crippen LogP contribution in [-0.4, -0.2) is 36.4 Å². The number of hydrogen-bond acceptors (Lipinski definition) is 5. The summed E-state index contributed by atoms with van der Waals surface area (Å²) in [6.07, 6.45) is 5.08. The molecule has 0 N–H and O–H groups in total. The van der Waals surface area contributed by atoms with Crippen LogP contribution in [0.5, 0.6) is 0 Å². The fraction of sp³-hybridized carbons (Fsp3) is 0.688. The lowest BCUT2D eigenvalue weighted by atomic mass is 9.90. The van der Waals surface area contributed by atoms with Gasteiger partial charge in [-0.25, -0.2) is 4.79 Å². The molecule has 5 heteroatoms. The van der Waals surface area contributed by atoms with Gasteiger partial charge in [-0.05, 0) is 36.8 Å². The Morgan fingerprint density at radius 1 is 1.33 bits per heavy atom. The molecule has 0 saturated carbocycles. The highest BCUT2D eigenvalue weighted by Gasteiger charge is 2.20. The number of anilines is 1. The third kappa shape index (κ3) is 4.41. The van der Waals surface area contributed by atoms with Crippen molar-refractivity contribution in [3.63, 3.8) is 0 Å². The summed E-state index contributed by atoms with van der Waals surface area (Å²) in [5, 5.41) is 8.08. The maximum Gasteiger partial charge on any atom is 0.358 e. The molecule has 0 unspecified atom stereocenters. The van der Waals surface area contributed by atoms with Crippen LogP contribution in [0.15, 0.2) is 12.1 Å². The van der Waals surface area contributed by atoms with Crippen LogP contribution in [0.3, 0.4) is 0 Å². The number of carbonyl (C=O) groups is 1. The van der Waals surface area contributed by atoms with Gasteiger partial charge in [0, 0.05) is 13.1 Å². The molecule has 2 rings (SSSR count). The molecule has 0 radical (unpaired) electrons. The lowest BCUT2D eigenvalue weighted by Gasteiger charge is -2.32. The van der Waals surface area contributed by atoms with Gasteiger partial charge in [-0.3, -0.25) is 0 Å². The summed E-state index contributed by atoms with van der Waals surface area (Å²) >= 11 is 0. The predicted octanol–water partition coefficient (Wildman–Crippen LogP) is 2.92. The summed E-state index contributed by atoms with van der Waals surface area (Å²) in [6.45, 7) is 6.62. The van der Waals surface area contributed by atoms with E-state index in [9.17, 15) is 4.79 Å². The zero-order valence-electron chi connectivity index (χ0n) is 13.2. The highest BCUT2D eigenvalue weighted by Crippen LogP contribution is 2.26. The lowest BCUT2D eigenvalue weighted by Crippen LogP contribution is -2.34. The van der Waals surface area contributed by atoms with Crippen LogP contribution in [0.1, 0.15) is 50.0 Å². The SMILES string of the molecule is COC(=O)c1ccc(N2CCC(CCC(C)C)CC2)nn1. The van der Waals surface area contributed by atoms with E-state index in [4.69, 9.17) is 0 Å². The molecule has 0 amide bonds. The van der Waals surface area contributed by atoms with E-state index in [1.165, 1.54) is 32.8 Å². The van der Waals surface area contributed by atoms with E-state index in [1.54, 1.807) is 6.07 Å². The molecule has 1 aromatic rings. The molecule has 0 aliphatic carbocycles. The summed E-state index contributed by atoms with van der Waals surface area (Å²) < 4.78 is 4.63. The second-order valence-corrected chi connectivity index (χ2v) is 6.17. The minimum absolute atomic E-state index is 0.257. The van der Waals surface area contributed by atoms with Gasteiger partial charge in [-0.2, -0.15) is 0 Å². The maximum atomic E-state index is 11.3. The molecular weight excluding hydrogens is 266 g/mol. The number of carbonyl (C=O) groups excluding carboxylic acids is 1. The van der Waals surface area contributed by atoms with Gasteiger partial charge in [0.1, 0.15) is 0 Å². The van der Waals surface area contributed by atoms with E-state index < -0.39 is 5.97 Å². The molecule has 1 fully saturated rings. The minimum Gasteiger partial charge on any atom is -0.464 e. The fourth-order valence-electron chi connectivity index (χ4n) is 2.73. The van der Waals surface area contributed by atoms with Crippen molar-refractivity contribution in [1.29, 1.82) is 0 Å². The largest absolute Gasteiger partial charge is 0.464 e. The number of piperidine rings is 1. The number of aromatic nitrogens is 2. The molecule has 1 saturated heterocycles. The van der Waals surface area contributed by atoms with E-state index in [2.05, 4.69) is 33.7 Å². The van der Waals surface area contributed by atoms with Crippen LogP contribution in [0.25, 0.3) is 0 Å². The van der Waals surface area contributed by atoms with Gasteiger partial charge in [-0.1, -0.05) is 26.7 Å². The highest BCUT2D eigenvalue weighted by molar-refractivity contribution is 5.86. The number of esters is 1. The molecule has 1 aliphatic heterocycles. The zero-order valence-corrected chi connectivity index (χ0v) is 13.2. The highest BCUT2D eigenvalue weighted by atomic mass is 16.5. The number of nitrogens with zero attached hydrogens (tertiary/aromatic N) is 3. The first-order valence-corrected chi connectivity index (χ1v) is 7.77. The van der Waals surface area contributed by atoms with Gasteiger partial charge in [0.05, 0.1) is 7.11 Å². The van der Waals surface area contributed by atoms with Crippen LogP contribution in [-0.2, 0) is 4.74 Å². The van der Waals surface area contributed by atoms with Crippen LogP contribution in [0.4, 0.5) is 5.82 Å². The molecule has 1 aliphatic rings. The number of hydrogen-bond donors (Lipinski definition) is 0. The molecule has 0 spiro atoms. The molecular formula is C16H25N3O2. The number of rotatable bonds is 5. The minimum atomic E-state index is -0.443. The number of ether oxygens (including phenoxy) is 1. The van der Waals surface area contributed by atoms with E-state index in [-0.39, 0.29) is 5.69 Å². The molecule has 2 heterocycles. The summed E-state index contributed by atoms with van der Waals surface area (Å²) in [7, 11) is 1.35. The average Bonchev–Trinajstić information content (AvgIpc) is 2.53. The Labute approximate surface area is 126 Å². The quantitative estimate of drug-likeness (QED) is 0.781. The van der Waals surface area contributed by atoms with Crippen molar-refractivity contribution in [2.24, 2.45) is 11.8 Å². The molecule has 1 aromatic heterocycles. The van der Waals surface area contributed by atoms with E-state index in [0.717, 1.165) is 30.7 Å². The van der Waals surface area contributed by atoms with Crippen LogP contribution in [0, 0.1) is 11.8 Å². The molecule has 5 nitrogen and oxygen atoms in total. The molecule has 0 atom stereocenters. The first-order valence-electron chi connectivity index (χ1n) is 7.77. The zero-order chi connectivity index (χ0) is 15.2. The summed E-state index contributed by atoms with van der Waals surface area (Å²) in [4.78, 5) is 13.6. The first kappa shape index (κ1) is 15.7. The fourth-order valence-corrected chi connectivity index (χ4v) is 2.73. The standard InChI is InChI=1S/C16H25N3O2/c1-12(2)4-5-13-8-10-19(11-9-13)15-7-6-14(17-18-15)16(20)21-3/h6-7,12-13H,4-5,8-11H2,1-3H3. The van der Waals surface area contributed by atoms with Gasteiger partial charge in [0.25, 0.3) is 0 Å². The molecule has 0 bridgehead atoms. The third-order valence-corrected chi connectivity index (χ3v) is 4.14. The van der Waals surface area contributed by atoms with Crippen LogP contribution >= 0.6 is 0 Å². The Morgan fingerprint density at radius 2 is 2.05 bits per heavy atom.